The number of aliphatic hydroxyl groups excluding tert-OH is 1. The second-order valence-electron chi connectivity index (χ2n) is 4.80. The fourth-order valence-corrected chi connectivity index (χ4v) is 2.08. The lowest BCUT2D eigenvalue weighted by Crippen LogP contribution is -2.44. The summed E-state index contributed by atoms with van der Waals surface area (Å²) in [7, 11) is 0. The molecule has 0 saturated heterocycles. The maximum atomic E-state index is 12.0. The Labute approximate surface area is 115 Å². The minimum atomic E-state index is -0.249. The first-order valence-corrected chi connectivity index (χ1v) is 6.86. The molecule has 1 amide bonds. The highest BCUT2D eigenvalue weighted by molar-refractivity contribution is 5.79. The number of carbonyl (C=O) groups is 1. The lowest BCUT2D eigenvalue weighted by molar-refractivity contribution is -0.125. The van der Waals surface area contributed by atoms with Gasteiger partial charge in [0, 0.05) is 6.54 Å². The van der Waals surface area contributed by atoms with Crippen LogP contribution in [-0.2, 0) is 11.2 Å². The van der Waals surface area contributed by atoms with E-state index in [1.807, 2.05) is 37.3 Å². The Morgan fingerprint density at radius 3 is 2.58 bits per heavy atom. The second-order valence-corrected chi connectivity index (χ2v) is 4.80. The van der Waals surface area contributed by atoms with E-state index in [9.17, 15) is 9.90 Å². The molecule has 2 atom stereocenters. The largest absolute Gasteiger partial charge is 0.394 e. The van der Waals surface area contributed by atoms with Gasteiger partial charge in [0.05, 0.1) is 18.6 Å². The molecule has 4 N–H and O–H groups in total. The van der Waals surface area contributed by atoms with E-state index in [1.165, 1.54) is 0 Å². The fraction of sp³-hybridized carbons (Fsp3) is 0.533. The smallest absolute Gasteiger partial charge is 0.224 e. The Morgan fingerprint density at radius 1 is 1.37 bits per heavy atom. The van der Waals surface area contributed by atoms with Gasteiger partial charge in [-0.2, -0.15) is 0 Å². The van der Waals surface area contributed by atoms with E-state index in [0.29, 0.717) is 13.0 Å². The van der Waals surface area contributed by atoms with Crippen LogP contribution in [-0.4, -0.2) is 30.2 Å². The van der Waals surface area contributed by atoms with Crippen molar-refractivity contribution in [2.45, 2.75) is 32.2 Å². The number of benzene rings is 1. The minimum absolute atomic E-state index is 0.0562. The number of carbonyl (C=O) groups excluding carboxylic acids is 1. The van der Waals surface area contributed by atoms with Crippen molar-refractivity contribution in [3.8, 4) is 0 Å². The van der Waals surface area contributed by atoms with E-state index in [4.69, 9.17) is 5.73 Å². The van der Waals surface area contributed by atoms with Crippen LogP contribution >= 0.6 is 0 Å². The highest BCUT2D eigenvalue weighted by Gasteiger charge is 2.19. The molecular weight excluding hydrogens is 240 g/mol. The van der Waals surface area contributed by atoms with Crippen LogP contribution in [0.1, 0.15) is 25.3 Å². The van der Waals surface area contributed by atoms with E-state index in [1.54, 1.807) is 0 Å². The van der Waals surface area contributed by atoms with Gasteiger partial charge in [-0.05, 0) is 18.4 Å². The van der Waals surface area contributed by atoms with Gasteiger partial charge in [0.15, 0.2) is 0 Å². The summed E-state index contributed by atoms with van der Waals surface area (Å²) >= 11 is 0. The molecule has 0 fully saturated rings. The zero-order valence-electron chi connectivity index (χ0n) is 11.5. The van der Waals surface area contributed by atoms with E-state index in [0.717, 1.165) is 18.4 Å². The average molecular weight is 264 g/mol. The molecule has 1 aromatic carbocycles. The van der Waals surface area contributed by atoms with Crippen LogP contribution < -0.4 is 11.1 Å². The van der Waals surface area contributed by atoms with Gasteiger partial charge in [-0.3, -0.25) is 4.79 Å². The maximum Gasteiger partial charge on any atom is 0.224 e. The Morgan fingerprint density at radius 2 is 2.05 bits per heavy atom. The van der Waals surface area contributed by atoms with Crippen molar-refractivity contribution in [3.63, 3.8) is 0 Å². The molecule has 1 rings (SSSR count). The lowest BCUT2D eigenvalue weighted by Gasteiger charge is -2.20. The molecule has 19 heavy (non-hydrogen) atoms. The van der Waals surface area contributed by atoms with Crippen molar-refractivity contribution < 1.29 is 9.90 Å². The van der Waals surface area contributed by atoms with E-state index in [2.05, 4.69) is 5.32 Å². The Kier molecular flexibility index (Phi) is 7.15. The van der Waals surface area contributed by atoms with Gasteiger partial charge in [-0.25, -0.2) is 0 Å². The predicted octanol–water partition coefficient (Wildman–Crippen LogP) is 1.08. The highest BCUT2D eigenvalue weighted by atomic mass is 16.3. The van der Waals surface area contributed by atoms with Crippen molar-refractivity contribution in [1.29, 1.82) is 0 Å². The molecule has 0 aliphatic rings. The zero-order chi connectivity index (χ0) is 14.1. The molecule has 1 aromatic rings. The quantitative estimate of drug-likeness (QED) is 0.657. The summed E-state index contributed by atoms with van der Waals surface area (Å²) in [5.74, 6) is -0.214. The monoisotopic (exact) mass is 264 g/mol. The SMILES string of the molecule is CCCC(CN)C(=O)N[C@H](CO)Cc1ccccc1. The molecule has 0 aromatic heterocycles. The van der Waals surface area contributed by atoms with E-state index in [-0.39, 0.29) is 24.5 Å². The normalized spacial score (nSPS) is 13.8. The van der Waals surface area contributed by atoms with E-state index < -0.39 is 0 Å². The van der Waals surface area contributed by atoms with Gasteiger partial charge in [0.1, 0.15) is 0 Å². The van der Waals surface area contributed by atoms with Crippen LogP contribution in [0.15, 0.2) is 30.3 Å². The third kappa shape index (κ3) is 5.41. The number of nitrogens with two attached hydrogens (primary N) is 1. The van der Waals surface area contributed by atoms with Gasteiger partial charge in [0.2, 0.25) is 5.91 Å². The van der Waals surface area contributed by atoms with Gasteiger partial charge >= 0.3 is 0 Å². The standard InChI is InChI=1S/C15H24N2O2/c1-2-6-13(10-16)15(19)17-14(11-18)9-12-7-4-3-5-8-12/h3-5,7-8,13-14,18H,2,6,9-11,16H2,1H3,(H,17,19)/t13?,14-/m0/s1. The molecule has 0 aliphatic heterocycles. The van der Waals surface area contributed by atoms with Crippen molar-refractivity contribution in [3.05, 3.63) is 35.9 Å². The summed E-state index contributed by atoms with van der Waals surface area (Å²) in [6.07, 6.45) is 2.34. The summed E-state index contributed by atoms with van der Waals surface area (Å²) in [5.41, 5.74) is 6.70. The Balaban J connectivity index is 2.54. The molecule has 0 heterocycles. The number of nitrogens with one attached hydrogen (secondary N) is 1. The van der Waals surface area contributed by atoms with Crippen LogP contribution in [0.3, 0.4) is 0 Å². The zero-order valence-corrected chi connectivity index (χ0v) is 11.5. The first-order valence-electron chi connectivity index (χ1n) is 6.86. The number of hydrogen-bond acceptors (Lipinski definition) is 3. The summed E-state index contributed by atoms with van der Waals surface area (Å²) in [6.45, 7) is 2.32. The average Bonchev–Trinajstić information content (AvgIpc) is 2.44. The first kappa shape index (κ1) is 15.7. The minimum Gasteiger partial charge on any atom is -0.394 e. The van der Waals surface area contributed by atoms with Crippen molar-refractivity contribution in [1.82, 2.24) is 5.32 Å². The summed E-state index contributed by atoms with van der Waals surface area (Å²) < 4.78 is 0. The molecule has 1 unspecified atom stereocenters. The van der Waals surface area contributed by atoms with Gasteiger partial charge < -0.3 is 16.2 Å². The summed E-state index contributed by atoms with van der Waals surface area (Å²) in [6, 6.07) is 9.57. The molecule has 0 aliphatic carbocycles. The third-order valence-corrected chi connectivity index (χ3v) is 3.18. The molecule has 0 bridgehead atoms. The van der Waals surface area contributed by atoms with Crippen LogP contribution in [0.2, 0.25) is 0 Å². The molecular formula is C15H24N2O2. The Hall–Kier alpha value is -1.39. The molecule has 0 saturated carbocycles. The number of aliphatic hydroxyl groups is 1. The van der Waals surface area contributed by atoms with Crippen LogP contribution in [0.5, 0.6) is 0 Å². The summed E-state index contributed by atoms with van der Waals surface area (Å²) in [4.78, 5) is 12.0. The number of amides is 1. The molecule has 0 spiro atoms. The lowest BCUT2D eigenvalue weighted by atomic mass is 10.0. The fourth-order valence-electron chi connectivity index (χ4n) is 2.08. The van der Waals surface area contributed by atoms with Crippen LogP contribution in [0.4, 0.5) is 0 Å². The molecule has 4 nitrogen and oxygen atoms in total. The van der Waals surface area contributed by atoms with Crippen LogP contribution in [0.25, 0.3) is 0 Å². The van der Waals surface area contributed by atoms with Crippen molar-refractivity contribution in [2.24, 2.45) is 11.7 Å². The first-order chi connectivity index (χ1) is 9.21. The third-order valence-electron chi connectivity index (χ3n) is 3.18. The summed E-state index contributed by atoms with van der Waals surface area (Å²) in [5, 5.41) is 12.3. The van der Waals surface area contributed by atoms with Crippen molar-refractivity contribution >= 4 is 5.91 Å². The molecule has 106 valence electrons. The highest BCUT2D eigenvalue weighted by Crippen LogP contribution is 2.07. The van der Waals surface area contributed by atoms with Crippen molar-refractivity contribution in [2.75, 3.05) is 13.2 Å². The van der Waals surface area contributed by atoms with Gasteiger partial charge in [-0.15, -0.1) is 0 Å². The van der Waals surface area contributed by atoms with Gasteiger partial charge in [0.25, 0.3) is 0 Å². The maximum absolute atomic E-state index is 12.0. The van der Waals surface area contributed by atoms with Crippen LogP contribution in [0, 0.1) is 5.92 Å². The predicted molar refractivity (Wildman–Crippen MR) is 76.6 cm³/mol. The Bertz CT molecular complexity index is 368. The van der Waals surface area contributed by atoms with Gasteiger partial charge in [-0.1, -0.05) is 43.7 Å². The second kappa shape index (κ2) is 8.67. The van der Waals surface area contributed by atoms with E-state index >= 15 is 0 Å². The number of rotatable bonds is 8. The molecule has 0 radical (unpaired) electrons. The molecule has 4 heteroatoms. The topological polar surface area (TPSA) is 75.4 Å². The number of hydrogen-bond donors (Lipinski definition) is 3.